The van der Waals surface area contributed by atoms with E-state index in [1.165, 1.54) is 0 Å². The molecule has 0 unspecified atom stereocenters. The zero-order valence-corrected chi connectivity index (χ0v) is 9.31. The zero-order chi connectivity index (χ0) is 14.1. The number of allylic oxidation sites excluding steroid dienone is 1. The number of benzene rings is 1. The van der Waals surface area contributed by atoms with E-state index in [-0.39, 0.29) is 6.08 Å². The maximum absolute atomic E-state index is 13.3. The Morgan fingerprint density at radius 3 is 2.00 bits per heavy atom. The number of alkyl halides is 5. The maximum atomic E-state index is 13.3. The lowest BCUT2D eigenvalue weighted by atomic mass is 9.99. The highest BCUT2D eigenvalue weighted by atomic mass is 19.4. The van der Waals surface area contributed by atoms with E-state index in [9.17, 15) is 26.7 Å². The minimum atomic E-state index is -4.79. The van der Waals surface area contributed by atoms with Crippen molar-refractivity contribution in [2.24, 2.45) is 0 Å². The molecule has 0 spiro atoms. The lowest BCUT2D eigenvalue weighted by Gasteiger charge is -2.16. The first-order valence-electron chi connectivity index (χ1n) is 4.83. The van der Waals surface area contributed by atoms with Crippen LogP contribution in [0.2, 0.25) is 0 Å². The summed E-state index contributed by atoms with van der Waals surface area (Å²) < 4.78 is 64.2. The van der Waals surface area contributed by atoms with Gasteiger partial charge >= 0.3 is 6.18 Å². The topological polar surface area (TPSA) is 17.1 Å². The molecule has 0 atom stereocenters. The Bertz CT molecular complexity index is 488. The maximum Gasteiger partial charge on any atom is 0.416 e. The second kappa shape index (κ2) is 4.51. The lowest BCUT2D eigenvalue weighted by molar-refractivity contribution is -0.137. The van der Waals surface area contributed by atoms with Gasteiger partial charge in [0, 0.05) is 11.1 Å². The van der Waals surface area contributed by atoms with Crippen molar-refractivity contribution in [1.82, 2.24) is 0 Å². The first-order valence-corrected chi connectivity index (χ1v) is 4.83. The molecule has 0 aliphatic heterocycles. The normalized spacial score (nSPS) is 12.3. The van der Waals surface area contributed by atoms with Gasteiger partial charge in [0.15, 0.2) is 5.78 Å². The van der Waals surface area contributed by atoms with E-state index in [0.717, 1.165) is 13.0 Å². The number of hydrogen-bond donors (Lipinski definition) is 0. The van der Waals surface area contributed by atoms with Crippen LogP contribution in [-0.4, -0.2) is 5.78 Å². The number of rotatable bonds is 3. The van der Waals surface area contributed by atoms with Gasteiger partial charge in [0.1, 0.15) is 0 Å². The minimum Gasteiger partial charge on any atom is -0.295 e. The highest BCUT2D eigenvalue weighted by Crippen LogP contribution is 2.36. The summed E-state index contributed by atoms with van der Waals surface area (Å²) in [5.41, 5.74) is -2.61. The average molecular weight is 264 g/mol. The monoisotopic (exact) mass is 264 g/mol. The summed E-state index contributed by atoms with van der Waals surface area (Å²) in [6.07, 6.45) is -4.57. The Hall–Kier alpha value is -1.72. The van der Waals surface area contributed by atoms with Gasteiger partial charge in [-0.2, -0.15) is 22.0 Å². The van der Waals surface area contributed by atoms with E-state index in [0.29, 0.717) is 12.1 Å². The van der Waals surface area contributed by atoms with Crippen molar-refractivity contribution in [2.75, 3.05) is 0 Å². The van der Waals surface area contributed by atoms with Crippen molar-refractivity contribution in [1.29, 1.82) is 0 Å². The van der Waals surface area contributed by atoms with Crippen LogP contribution in [0.5, 0.6) is 0 Å². The lowest BCUT2D eigenvalue weighted by Crippen LogP contribution is -2.14. The van der Waals surface area contributed by atoms with Crippen LogP contribution in [0.1, 0.15) is 28.4 Å². The molecule has 1 aromatic carbocycles. The first-order chi connectivity index (χ1) is 8.08. The van der Waals surface area contributed by atoms with Crippen LogP contribution < -0.4 is 0 Å². The smallest absolute Gasteiger partial charge is 0.295 e. The highest BCUT2D eigenvalue weighted by molar-refractivity contribution is 5.94. The van der Waals surface area contributed by atoms with Crippen molar-refractivity contribution in [3.05, 3.63) is 47.5 Å². The molecule has 1 nitrogen and oxygen atoms in total. The number of hydrogen-bond acceptors (Lipinski definition) is 1. The molecular weight excluding hydrogens is 255 g/mol. The molecule has 6 heteroatoms. The first kappa shape index (κ1) is 14.3. The Labute approximate surface area is 99.9 Å². The number of carbonyl (C=O) groups is 1. The molecular formula is C12H9F5O. The Morgan fingerprint density at radius 2 is 1.61 bits per heavy atom. The fourth-order valence-electron chi connectivity index (χ4n) is 1.30. The predicted octanol–water partition coefficient (Wildman–Crippen LogP) is 4.19. The SMILES string of the molecule is C=CC(F)(F)c1cc(C(C)=O)cc(C(F)(F)F)c1. The van der Waals surface area contributed by atoms with Crippen LogP contribution in [0.4, 0.5) is 22.0 Å². The molecule has 0 saturated carbocycles. The predicted molar refractivity (Wildman–Crippen MR) is 55.5 cm³/mol. The molecule has 0 aromatic heterocycles. The highest BCUT2D eigenvalue weighted by Gasteiger charge is 2.35. The molecule has 0 fully saturated rings. The van der Waals surface area contributed by atoms with Gasteiger partial charge in [0.2, 0.25) is 0 Å². The second-order valence-corrected chi connectivity index (χ2v) is 3.68. The molecule has 0 heterocycles. The molecule has 0 aliphatic carbocycles. The number of ketones is 1. The van der Waals surface area contributed by atoms with Gasteiger partial charge in [-0.05, 0) is 31.2 Å². The third kappa shape index (κ3) is 2.94. The van der Waals surface area contributed by atoms with Crippen molar-refractivity contribution in [3.8, 4) is 0 Å². The minimum absolute atomic E-state index is 0.229. The summed E-state index contributed by atoms with van der Waals surface area (Å²) in [5.74, 6) is -4.34. The van der Waals surface area contributed by atoms with Crippen molar-refractivity contribution < 1.29 is 26.7 Å². The largest absolute Gasteiger partial charge is 0.416 e. The molecule has 1 rings (SSSR count). The molecule has 0 N–H and O–H groups in total. The van der Waals surface area contributed by atoms with Crippen molar-refractivity contribution in [2.45, 2.75) is 19.0 Å². The molecule has 0 amide bonds. The molecule has 0 aliphatic rings. The van der Waals surface area contributed by atoms with E-state index in [1.54, 1.807) is 0 Å². The van der Waals surface area contributed by atoms with Crippen LogP contribution >= 0.6 is 0 Å². The van der Waals surface area contributed by atoms with Crippen LogP contribution in [0.3, 0.4) is 0 Å². The van der Waals surface area contributed by atoms with Crippen molar-refractivity contribution in [3.63, 3.8) is 0 Å². The summed E-state index contributed by atoms with van der Waals surface area (Å²) in [4.78, 5) is 11.1. The van der Waals surface area contributed by atoms with Crippen LogP contribution in [0.15, 0.2) is 30.9 Å². The fourth-order valence-corrected chi connectivity index (χ4v) is 1.30. The summed E-state index contributed by atoms with van der Waals surface area (Å²) in [6.45, 7) is 3.86. The Balaban J connectivity index is 3.50. The van der Waals surface area contributed by atoms with Gasteiger partial charge in [-0.1, -0.05) is 6.58 Å². The third-order valence-electron chi connectivity index (χ3n) is 2.31. The van der Waals surface area contributed by atoms with Gasteiger partial charge in [-0.25, -0.2) is 0 Å². The van der Waals surface area contributed by atoms with E-state index in [1.807, 2.05) is 0 Å². The standard InChI is InChI=1S/C12H9F5O/c1-3-11(13,14)9-4-8(7(2)18)5-10(6-9)12(15,16)17/h3-6H,1H2,2H3. The number of carbonyl (C=O) groups excluding carboxylic acids is 1. The molecule has 98 valence electrons. The van der Waals surface area contributed by atoms with E-state index in [4.69, 9.17) is 0 Å². The summed E-state index contributed by atoms with van der Waals surface area (Å²) in [5, 5.41) is 0. The molecule has 0 radical (unpaired) electrons. The van der Waals surface area contributed by atoms with Gasteiger partial charge in [0.05, 0.1) is 5.56 Å². The van der Waals surface area contributed by atoms with Crippen LogP contribution in [0, 0.1) is 0 Å². The number of Topliss-reactive ketones (excluding diaryl/α,β-unsaturated/α-hetero) is 1. The summed E-state index contributed by atoms with van der Waals surface area (Å²) >= 11 is 0. The molecule has 18 heavy (non-hydrogen) atoms. The summed E-state index contributed by atoms with van der Waals surface area (Å²) in [7, 11) is 0. The fraction of sp³-hybridized carbons (Fsp3) is 0.250. The van der Waals surface area contributed by atoms with Crippen LogP contribution in [-0.2, 0) is 12.1 Å². The van der Waals surface area contributed by atoms with Gasteiger partial charge in [0.25, 0.3) is 5.92 Å². The van der Waals surface area contributed by atoms with Gasteiger partial charge < -0.3 is 0 Å². The molecule has 1 aromatic rings. The molecule has 0 bridgehead atoms. The van der Waals surface area contributed by atoms with E-state index in [2.05, 4.69) is 6.58 Å². The van der Waals surface area contributed by atoms with E-state index < -0.39 is 34.6 Å². The average Bonchev–Trinajstić information content (AvgIpc) is 2.27. The van der Waals surface area contributed by atoms with Gasteiger partial charge in [-0.15, -0.1) is 0 Å². The Morgan fingerprint density at radius 1 is 1.11 bits per heavy atom. The second-order valence-electron chi connectivity index (χ2n) is 3.68. The van der Waals surface area contributed by atoms with E-state index >= 15 is 0 Å². The number of halogens is 5. The summed E-state index contributed by atoms with van der Waals surface area (Å²) in [6, 6.07) is 1.60. The third-order valence-corrected chi connectivity index (χ3v) is 2.31. The zero-order valence-electron chi connectivity index (χ0n) is 9.31. The quantitative estimate of drug-likeness (QED) is 0.454. The van der Waals surface area contributed by atoms with Crippen molar-refractivity contribution >= 4 is 5.78 Å². The Kier molecular flexibility index (Phi) is 3.59. The van der Waals surface area contributed by atoms with Gasteiger partial charge in [-0.3, -0.25) is 4.79 Å². The molecule has 0 saturated heterocycles. The van der Waals surface area contributed by atoms with Crippen LogP contribution in [0.25, 0.3) is 0 Å².